The number of amides is 1. The zero-order valence-corrected chi connectivity index (χ0v) is 15.3. The zero-order chi connectivity index (χ0) is 18.6. The zero-order valence-electron chi connectivity index (χ0n) is 15.3. The molecule has 132 valence electrons. The van der Waals surface area contributed by atoms with E-state index < -0.39 is 5.41 Å². The third-order valence-electron chi connectivity index (χ3n) is 5.11. The maximum atomic E-state index is 13.6. The molecule has 1 amide bonds. The Labute approximate surface area is 155 Å². The van der Waals surface area contributed by atoms with E-state index in [1.165, 1.54) is 0 Å². The third kappa shape index (κ3) is 3.13. The summed E-state index contributed by atoms with van der Waals surface area (Å²) >= 11 is 0. The van der Waals surface area contributed by atoms with Gasteiger partial charge in [0.15, 0.2) is 0 Å². The number of benzene rings is 2. The van der Waals surface area contributed by atoms with Gasteiger partial charge in [-0.3, -0.25) is 4.79 Å². The van der Waals surface area contributed by atoms with Crippen LogP contribution >= 0.6 is 0 Å². The molecule has 0 aromatic heterocycles. The normalized spacial score (nSPS) is 21.1. The molecule has 0 aliphatic carbocycles. The van der Waals surface area contributed by atoms with Crippen LogP contribution in [0, 0.1) is 11.3 Å². The Morgan fingerprint density at radius 1 is 1.12 bits per heavy atom. The smallest absolute Gasteiger partial charge is 0.260 e. The molecule has 1 aliphatic heterocycles. The molecule has 0 radical (unpaired) electrons. The quantitative estimate of drug-likeness (QED) is 0.678. The molecule has 2 aromatic carbocycles. The van der Waals surface area contributed by atoms with Crippen molar-refractivity contribution >= 4 is 17.3 Å². The number of hydrazone groups is 1. The van der Waals surface area contributed by atoms with Crippen molar-refractivity contribution < 1.29 is 4.79 Å². The van der Waals surface area contributed by atoms with Gasteiger partial charge in [0.05, 0.1) is 11.4 Å². The molecule has 0 spiro atoms. The second-order valence-electron chi connectivity index (χ2n) is 6.68. The highest BCUT2D eigenvalue weighted by Gasteiger charge is 2.52. The molecule has 3 rings (SSSR count). The van der Waals surface area contributed by atoms with Crippen molar-refractivity contribution in [3.63, 3.8) is 0 Å². The predicted octanol–water partition coefficient (Wildman–Crippen LogP) is 5.02. The van der Waals surface area contributed by atoms with E-state index in [-0.39, 0.29) is 11.8 Å². The first-order valence-corrected chi connectivity index (χ1v) is 8.88. The van der Waals surface area contributed by atoms with Crippen LogP contribution in [0.15, 0.2) is 90.6 Å². The largest absolute Gasteiger partial charge is 0.271 e. The van der Waals surface area contributed by atoms with Gasteiger partial charge in [0.25, 0.3) is 5.91 Å². The lowest BCUT2D eigenvalue weighted by atomic mass is 9.68. The molecular formula is C23H24N2O. The Bertz CT molecular complexity index is 839. The maximum Gasteiger partial charge on any atom is 0.260 e. The summed E-state index contributed by atoms with van der Waals surface area (Å²) in [4.78, 5) is 13.6. The molecule has 1 unspecified atom stereocenters. The van der Waals surface area contributed by atoms with Gasteiger partial charge in [0.2, 0.25) is 0 Å². The highest BCUT2D eigenvalue weighted by Crippen LogP contribution is 2.42. The number of hydrogen-bond donors (Lipinski definition) is 0. The van der Waals surface area contributed by atoms with Crippen LogP contribution in [0.2, 0.25) is 0 Å². The van der Waals surface area contributed by atoms with Crippen LogP contribution in [0.4, 0.5) is 5.69 Å². The van der Waals surface area contributed by atoms with Gasteiger partial charge in [-0.05, 0) is 37.0 Å². The highest BCUT2D eigenvalue weighted by atomic mass is 16.2. The second kappa shape index (κ2) is 7.52. The molecule has 2 aromatic rings. The summed E-state index contributed by atoms with van der Waals surface area (Å²) in [6, 6.07) is 19.8. The fourth-order valence-corrected chi connectivity index (χ4v) is 3.59. The van der Waals surface area contributed by atoms with Crippen LogP contribution in [0.5, 0.6) is 0 Å². The number of allylic oxidation sites excluding steroid dienone is 3. The van der Waals surface area contributed by atoms with E-state index in [0.717, 1.165) is 17.0 Å². The second-order valence-corrected chi connectivity index (χ2v) is 6.68. The predicted molar refractivity (Wildman–Crippen MR) is 108 cm³/mol. The molecule has 3 heteroatoms. The number of hydrogen-bond acceptors (Lipinski definition) is 2. The van der Waals surface area contributed by atoms with Gasteiger partial charge in [-0.1, -0.05) is 80.3 Å². The fraction of sp³-hybridized carbons (Fsp3) is 0.217. The van der Waals surface area contributed by atoms with Gasteiger partial charge in [-0.2, -0.15) is 10.1 Å². The van der Waals surface area contributed by atoms with Gasteiger partial charge in [-0.15, -0.1) is 0 Å². The van der Waals surface area contributed by atoms with E-state index in [4.69, 9.17) is 0 Å². The van der Waals surface area contributed by atoms with Crippen LogP contribution in [0.1, 0.15) is 19.4 Å². The first-order valence-electron chi connectivity index (χ1n) is 8.88. The molecule has 0 saturated heterocycles. The van der Waals surface area contributed by atoms with Gasteiger partial charge < -0.3 is 0 Å². The van der Waals surface area contributed by atoms with Crippen LogP contribution < -0.4 is 5.01 Å². The average Bonchev–Trinajstić information content (AvgIpc) is 2.93. The Morgan fingerprint density at radius 3 is 2.35 bits per heavy atom. The fourth-order valence-electron chi connectivity index (χ4n) is 3.59. The SMILES string of the molecule is C=C/C=C/C(C)[C@@]1(Cc2ccccc2)C(=O)N(c2ccccc2)N=C1C. The van der Waals surface area contributed by atoms with Gasteiger partial charge in [0, 0.05) is 0 Å². The Morgan fingerprint density at radius 2 is 1.73 bits per heavy atom. The van der Waals surface area contributed by atoms with Crippen molar-refractivity contribution in [1.29, 1.82) is 0 Å². The summed E-state index contributed by atoms with van der Waals surface area (Å²) < 4.78 is 0. The third-order valence-corrected chi connectivity index (χ3v) is 5.11. The molecule has 26 heavy (non-hydrogen) atoms. The van der Waals surface area contributed by atoms with Crippen molar-refractivity contribution in [3.8, 4) is 0 Å². The Hall–Kier alpha value is -2.94. The summed E-state index contributed by atoms with van der Waals surface area (Å²) in [5.74, 6) is 0.0110. The number of carbonyl (C=O) groups is 1. The summed E-state index contributed by atoms with van der Waals surface area (Å²) in [5, 5.41) is 6.21. The first-order chi connectivity index (χ1) is 12.6. The van der Waals surface area contributed by atoms with Crippen molar-refractivity contribution in [2.75, 3.05) is 5.01 Å². The van der Waals surface area contributed by atoms with Crippen LogP contribution in [0.3, 0.4) is 0 Å². The lowest BCUT2D eigenvalue weighted by molar-refractivity contribution is -0.125. The first kappa shape index (κ1) is 17.9. The van der Waals surface area contributed by atoms with E-state index in [2.05, 4.69) is 30.7 Å². The lowest BCUT2D eigenvalue weighted by Gasteiger charge is -2.33. The van der Waals surface area contributed by atoms with E-state index >= 15 is 0 Å². The van der Waals surface area contributed by atoms with Gasteiger partial charge in [-0.25, -0.2) is 0 Å². The topological polar surface area (TPSA) is 32.7 Å². The van der Waals surface area contributed by atoms with E-state index in [0.29, 0.717) is 6.42 Å². The van der Waals surface area contributed by atoms with Crippen molar-refractivity contribution in [3.05, 3.63) is 91.0 Å². The standard InChI is InChI=1S/C23H24N2O/c1-4-5-12-18(2)23(17-20-13-8-6-9-14-20)19(3)24-25(22(23)26)21-15-10-7-11-16-21/h4-16,18H,1,17H2,2-3H3/b12-5+/t18?,23-/m1/s1. The minimum atomic E-state index is -0.698. The number of anilines is 1. The number of nitrogens with zero attached hydrogens (tertiary/aromatic N) is 2. The Kier molecular flexibility index (Phi) is 5.17. The van der Waals surface area contributed by atoms with Crippen molar-refractivity contribution in [2.45, 2.75) is 20.3 Å². The number of rotatable bonds is 6. The van der Waals surface area contributed by atoms with Crippen LogP contribution in [0.25, 0.3) is 0 Å². The van der Waals surface area contributed by atoms with E-state index in [9.17, 15) is 4.79 Å². The van der Waals surface area contributed by atoms with E-state index in [1.54, 1.807) is 11.1 Å². The van der Waals surface area contributed by atoms with Crippen molar-refractivity contribution in [2.24, 2.45) is 16.4 Å². The van der Waals surface area contributed by atoms with Gasteiger partial charge >= 0.3 is 0 Å². The minimum Gasteiger partial charge on any atom is -0.271 e. The summed E-state index contributed by atoms with van der Waals surface area (Å²) in [6.07, 6.45) is 6.31. The molecule has 0 saturated carbocycles. The highest BCUT2D eigenvalue weighted by molar-refractivity contribution is 6.19. The monoisotopic (exact) mass is 344 g/mol. The van der Waals surface area contributed by atoms with Crippen molar-refractivity contribution in [1.82, 2.24) is 0 Å². The molecule has 1 heterocycles. The summed E-state index contributed by atoms with van der Waals surface area (Å²) in [7, 11) is 0. The molecule has 0 bridgehead atoms. The van der Waals surface area contributed by atoms with Crippen LogP contribution in [-0.4, -0.2) is 11.6 Å². The average molecular weight is 344 g/mol. The molecule has 2 atom stereocenters. The maximum absolute atomic E-state index is 13.6. The Balaban J connectivity index is 2.06. The van der Waals surface area contributed by atoms with Gasteiger partial charge in [0.1, 0.15) is 5.41 Å². The summed E-state index contributed by atoms with van der Waals surface area (Å²) in [6.45, 7) is 7.79. The number of carbonyl (C=O) groups excluding carboxylic acids is 1. The number of para-hydroxylation sites is 1. The summed E-state index contributed by atoms with van der Waals surface area (Å²) in [5.41, 5.74) is 2.07. The molecule has 0 fully saturated rings. The van der Waals surface area contributed by atoms with E-state index in [1.807, 2.05) is 67.6 Å². The molecular weight excluding hydrogens is 320 g/mol. The van der Waals surface area contributed by atoms with Crippen LogP contribution in [-0.2, 0) is 11.2 Å². The minimum absolute atomic E-state index is 0.00864. The molecule has 0 N–H and O–H groups in total. The molecule has 1 aliphatic rings. The molecule has 3 nitrogen and oxygen atoms in total. The lowest BCUT2D eigenvalue weighted by Crippen LogP contribution is -2.45.